The molecule has 0 aromatic carbocycles. The van der Waals surface area contributed by atoms with E-state index in [9.17, 15) is 4.79 Å². The molecule has 0 spiro atoms. The molecule has 0 aliphatic carbocycles. The Morgan fingerprint density at radius 1 is 1.13 bits per heavy atom. The summed E-state index contributed by atoms with van der Waals surface area (Å²) in [5, 5.41) is 0. The molecule has 3 saturated heterocycles. The zero-order chi connectivity index (χ0) is 16.4. The second-order valence-electron chi connectivity index (χ2n) is 7.60. The first kappa shape index (κ1) is 17.2. The lowest BCUT2D eigenvalue weighted by molar-refractivity contribution is -0.146. The van der Waals surface area contributed by atoms with Crippen LogP contribution in [0.2, 0.25) is 0 Å². The molecule has 3 aliphatic rings. The summed E-state index contributed by atoms with van der Waals surface area (Å²) < 4.78 is 11.0. The van der Waals surface area contributed by atoms with E-state index >= 15 is 0 Å². The fraction of sp³-hybridized carbons (Fsp3) is 0.944. The maximum Gasteiger partial charge on any atom is 0.225 e. The molecule has 2 atom stereocenters. The number of ether oxygens (including phenoxy) is 2. The number of amides is 1. The van der Waals surface area contributed by atoms with Gasteiger partial charge in [0, 0.05) is 58.0 Å². The SMILES string of the molecule is CO[C@H]1CN(C(C)C)[C@H]1C1CCN(C(=O)C2CCOCC2)CC1. The quantitative estimate of drug-likeness (QED) is 0.790. The molecule has 0 unspecified atom stereocenters. The molecule has 0 N–H and O–H groups in total. The molecule has 0 aromatic rings. The summed E-state index contributed by atoms with van der Waals surface area (Å²) in [7, 11) is 1.83. The Morgan fingerprint density at radius 2 is 1.78 bits per heavy atom. The van der Waals surface area contributed by atoms with Crippen molar-refractivity contribution in [2.75, 3.05) is 40.0 Å². The van der Waals surface area contributed by atoms with E-state index in [4.69, 9.17) is 9.47 Å². The molecular weight excluding hydrogens is 292 g/mol. The molecule has 3 rings (SSSR count). The van der Waals surface area contributed by atoms with Crippen LogP contribution in [0.3, 0.4) is 0 Å². The molecule has 5 nitrogen and oxygen atoms in total. The van der Waals surface area contributed by atoms with E-state index in [0.29, 0.717) is 30.0 Å². The van der Waals surface area contributed by atoms with Crippen molar-refractivity contribution in [1.29, 1.82) is 0 Å². The van der Waals surface area contributed by atoms with Crippen LogP contribution in [0.5, 0.6) is 0 Å². The summed E-state index contributed by atoms with van der Waals surface area (Å²) in [4.78, 5) is 17.3. The molecule has 23 heavy (non-hydrogen) atoms. The van der Waals surface area contributed by atoms with Gasteiger partial charge in [-0.15, -0.1) is 0 Å². The molecule has 5 heteroatoms. The Labute approximate surface area is 140 Å². The van der Waals surface area contributed by atoms with Crippen LogP contribution in [0.15, 0.2) is 0 Å². The third kappa shape index (κ3) is 3.57. The average Bonchev–Trinajstić information content (AvgIpc) is 2.55. The van der Waals surface area contributed by atoms with Gasteiger partial charge in [0.2, 0.25) is 5.91 Å². The molecule has 0 aromatic heterocycles. The fourth-order valence-corrected chi connectivity index (χ4v) is 4.52. The van der Waals surface area contributed by atoms with Crippen LogP contribution in [0.1, 0.15) is 39.5 Å². The van der Waals surface area contributed by atoms with Crippen molar-refractivity contribution in [2.45, 2.75) is 57.7 Å². The van der Waals surface area contributed by atoms with Crippen LogP contribution < -0.4 is 0 Å². The highest BCUT2D eigenvalue weighted by Crippen LogP contribution is 2.35. The van der Waals surface area contributed by atoms with Crippen LogP contribution in [0.4, 0.5) is 0 Å². The van der Waals surface area contributed by atoms with E-state index in [2.05, 4.69) is 23.6 Å². The highest BCUT2D eigenvalue weighted by atomic mass is 16.5. The standard InChI is InChI=1S/C18H32N2O3/c1-13(2)20-12-16(22-3)17(20)14-4-8-19(9-5-14)18(21)15-6-10-23-11-7-15/h13-17H,4-12H2,1-3H3/t16-,17-/m0/s1. The minimum Gasteiger partial charge on any atom is -0.381 e. The number of likely N-dealkylation sites (tertiary alicyclic amines) is 2. The topological polar surface area (TPSA) is 42.0 Å². The summed E-state index contributed by atoms with van der Waals surface area (Å²) in [6.07, 6.45) is 4.40. The Balaban J connectivity index is 1.52. The maximum atomic E-state index is 12.6. The van der Waals surface area contributed by atoms with Gasteiger partial charge in [-0.05, 0) is 45.4 Å². The monoisotopic (exact) mass is 324 g/mol. The van der Waals surface area contributed by atoms with Gasteiger partial charge in [-0.2, -0.15) is 0 Å². The minimum absolute atomic E-state index is 0.197. The van der Waals surface area contributed by atoms with Crippen molar-refractivity contribution in [3.63, 3.8) is 0 Å². The molecular formula is C18H32N2O3. The van der Waals surface area contributed by atoms with E-state index < -0.39 is 0 Å². The average molecular weight is 324 g/mol. The van der Waals surface area contributed by atoms with Gasteiger partial charge < -0.3 is 14.4 Å². The molecule has 3 fully saturated rings. The lowest BCUT2D eigenvalue weighted by Crippen LogP contribution is -2.66. The summed E-state index contributed by atoms with van der Waals surface area (Å²) in [5.74, 6) is 1.22. The van der Waals surface area contributed by atoms with Gasteiger partial charge in [0.05, 0.1) is 6.10 Å². The minimum atomic E-state index is 0.197. The number of rotatable bonds is 4. The molecule has 3 heterocycles. The highest BCUT2D eigenvalue weighted by Gasteiger charge is 2.46. The zero-order valence-electron chi connectivity index (χ0n) is 14.9. The van der Waals surface area contributed by atoms with E-state index in [1.807, 2.05) is 7.11 Å². The largest absolute Gasteiger partial charge is 0.381 e. The fourth-order valence-electron chi connectivity index (χ4n) is 4.52. The first-order chi connectivity index (χ1) is 11.1. The van der Waals surface area contributed by atoms with Crippen LogP contribution >= 0.6 is 0 Å². The second kappa shape index (κ2) is 7.49. The van der Waals surface area contributed by atoms with Crippen molar-refractivity contribution in [1.82, 2.24) is 9.80 Å². The summed E-state index contributed by atoms with van der Waals surface area (Å²) in [6.45, 7) is 8.91. The number of nitrogens with zero attached hydrogens (tertiary/aromatic N) is 2. The van der Waals surface area contributed by atoms with Crippen LogP contribution in [0.25, 0.3) is 0 Å². The maximum absolute atomic E-state index is 12.6. The Hall–Kier alpha value is -0.650. The Bertz CT molecular complexity index is 401. The number of carbonyl (C=O) groups is 1. The summed E-state index contributed by atoms with van der Waals surface area (Å²) in [5.41, 5.74) is 0. The molecule has 0 saturated carbocycles. The van der Waals surface area contributed by atoms with Gasteiger partial charge in [0.15, 0.2) is 0 Å². The van der Waals surface area contributed by atoms with E-state index in [1.54, 1.807) is 0 Å². The third-order valence-corrected chi connectivity index (χ3v) is 6.03. The van der Waals surface area contributed by atoms with Gasteiger partial charge in [-0.25, -0.2) is 0 Å². The summed E-state index contributed by atoms with van der Waals surface area (Å²) in [6, 6.07) is 1.12. The third-order valence-electron chi connectivity index (χ3n) is 6.03. The molecule has 1 amide bonds. The van der Waals surface area contributed by atoms with Crippen molar-refractivity contribution in [3.8, 4) is 0 Å². The van der Waals surface area contributed by atoms with Crippen LogP contribution in [0, 0.1) is 11.8 Å². The van der Waals surface area contributed by atoms with Crippen LogP contribution in [-0.2, 0) is 14.3 Å². The number of hydrogen-bond donors (Lipinski definition) is 0. The second-order valence-corrected chi connectivity index (χ2v) is 7.60. The van der Waals surface area contributed by atoms with Crippen molar-refractivity contribution >= 4 is 5.91 Å². The van der Waals surface area contributed by atoms with E-state index in [1.165, 1.54) is 0 Å². The predicted molar refractivity (Wildman–Crippen MR) is 89.3 cm³/mol. The summed E-state index contributed by atoms with van der Waals surface area (Å²) >= 11 is 0. The molecule has 0 bridgehead atoms. The van der Waals surface area contributed by atoms with Gasteiger partial charge in [-0.1, -0.05) is 0 Å². The van der Waals surface area contributed by atoms with E-state index in [0.717, 1.165) is 58.5 Å². The van der Waals surface area contributed by atoms with Gasteiger partial charge in [-0.3, -0.25) is 9.69 Å². The predicted octanol–water partition coefficient (Wildman–Crippen LogP) is 1.76. The molecule has 132 valence electrons. The smallest absolute Gasteiger partial charge is 0.225 e. The first-order valence-corrected chi connectivity index (χ1v) is 9.27. The Kier molecular flexibility index (Phi) is 5.60. The van der Waals surface area contributed by atoms with Crippen molar-refractivity contribution in [3.05, 3.63) is 0 Å². The van der Waals surface area contributed by atoms with Gasteiger partial charge in [0.25, 0.3) is 0 Å². The zero-order valence-corrected chi connectivity index (χ0v) is 14.9. The molecule has 3 aliphatic heterocycles. The van der Waals surface area contributed by atoms with E-state index in [-0.39, 0.29) is 5.92 Å². The van der Waals surface area contributed by atoms with Gasteiger partial charge in [0.1, 0.15) is 0 Å². The Morgan fingerprint density at radius 3 is 2.35 bits per heavy atom. The number of piperidine rings is 1. The number of hydrogen-bond acceptors (Lipinski definition) is 4. The lowest BCUT2D eigenvalue weighted by Gasteiger charge is -2.54. The number of methoxy groups -OCH3 is 1. The number of carbonyl (C=O) groups excluding carboxylic acids is 1. The van der Waals surface area contributed by atoms with Gasteiger partial charge >= 0.3 is 0 Å². The lowest BCUT2D eigenvalue weighted by atomic mass is 9.79. The first-order valence-electron chi connectivity index (χ1n) is 9.27. The van der Waals surface area contributed by atoms with Crippen molar-refractivity contribution in [2.24, 2.45) is 11.8 Å². The molecule has 0 radical (unpaired) electrons. The van der Waals surface area contributed by atoms with Crippen molar-refractivity contribution < 1.29 is 14.3 Å². The normalized spacial score (nSPS) is 31.4. The highest BCUT2D eigenvalue weighted by molar-refractivity contribution is 5.79. The van der Waals surface area contributed by atoms with Crippen LogP contribution in [-0.4, -0.2) is 73.9 Å².